The topological polar surface area (TPSA) is 46.1 Å². The summed E-state index contributed by atoms with van der Waals surface area (Å²) in [6.45, 7) is 7.84. The molecule has 1 aromatic carbocycles. The summed E-state index contributed by atoms with van der Waals surface area (Å²) in [6, 6.07) is 6.16. The maximum atomic E-state index is 5.41. The maximum Gasteiger partial charge on any atom is 0.193 e. The molecule has 1 aromatic rings. The molecule has 138 valence electrons. The summed E-state index contributed by atoms with van der Waals surface area (Å²) in [4.78, 5) is 7.12. The fourth-order valence-corrected chi connectivity index (χ4v) is 3.13. The first-order valence-electron chi connectivity index (χ1n) is 9.09. The van der Waals surface area contributed by atoms with Crippen LogP contribution in [0.4, 0.5) is 0 Å². The van der Waals surface area contributed by atoms with Crippen LogP contribution in [0, 0.1) is 0 Å². The maximum absolute atomic E-state index is 5.41. The van der Waals surface area contributed by atoms with Crippen LogP contribution in [0.5, 0.6) is 11.5 Å². The standard InChI is InChI=1S/C20H31N3O2/c1-5-7-8-10-22-20(21-6-2)23-11-9-16(15-23)17-12-18(24-3)14-19(13-17)25-4/h5,7,12-14,16H,6,8-11,15H2,1-4H3,(H,21,22)/b7-5+. The van der Waals surface area contributed by atoms with Crippen molar-refractivity contribution in [3.05, 3.63) is 35.9 Å². The molecule has 1 fully saturated rings. The van der Waals surface area contributed by atoms with Gasteiger partial charge in [-0.1, -0.05) is 12.2 Å². The average molecular weight is 345 g/mol. The first-order valence-corrected chi connectivity index (χ1v) is 9.09. The van der Waals surface area contributed by atoms with Crippen LogP contribution >= 0.6 is 0 Å². The third kappa shape index (κ3) is 5.41. The fourth-order valence-electron chi connectivity index (χ4n) is 3.13. The zero-order chi connectivity index (χ0) is 18.1. The molecule has 1 heterocycles. The largest absolute Gasteiger partial charge is 0.497 e. The summed E-state index contributed by atoms with van der Waals surface area (Å²) in [5, 5.41) is 3.42. The van der Waals surface area contributed by atoms with Crippen molar-refractivity contribution < 1.29 is 9.47 Å². The fraction of sp³-hybridized carbons (Fsp3) is 0.550. The second-order valence-electron chi connectivity index (χ2n) is 6.17. The Morgan fingerprint density at radius 2 is 2.00 bits per heavy atom. The molecule has 0 bridgehead atoms. The van der Waals surface area contributed by atoms with Crippen LogP contribution in [-0.4, -0.2) is 51.3 Å². The smallest absolute Gasteiger partial charge is 0.193 e. The number of ether oxygens (including phenoxy) is 2. The molecule has 0 radical (unpaired) electrons. The molecule has 0 spiro atoms. The number of rotatable bonds is 7. The summed E-state index contributed by atoms with van der Waals surface area (Å²) >= 11 is 0. The normalized spacial score (nSPS) is 18.0. The monoisotopic (exact) mass is 345 g/mol. The van der Waals surface area contributed by atoms with Gasteiger partial charge in [-0.15, -0.1) is 0 Å². The SMILES string of the molecule is C/C=C/CCN=C(NCC)N1CCC(c2cc(OC)cc(OC)c2)C1. The number of allylic oxidation sites excluding steroid dienone is 1. The Bertz CT molecular complexity index is 576. The van der Waals surface area contributed by atoms with Crippen LogP contribution in [0.3, 0.4) is 0 Å². The average Bonchev–Trinajstić information content (AvgIpc) is 3.14. The number of methoxy groups -OCH3 is 2. The van der Waals surface area contributed by atoms with Crippen molar-refractivity contribution in [2.75, 3.05) is 40.4 Å². The molecule has 0 saturated carbocycles. The summed E-state index contributed by atoms with van der Waals surface area (Å²) < 4.78 is 10.8. The Morgan fingerprint density at radius 1 is 1.28 bits per heavy atom. The third-order valence-electron chi connectivity index (χ3n) is 4.46. The Labute approximate surface area is 151 Å². The lowest BCUT2D eigenvalue weighted by atomic mass is 9.98. The van der Waals surface area contributed by atoms with Gasteiger partial charge in [-0.3, -0.25) is 4.99 Å². The Hall–Kier alpha value is -2.17. The van der Waals surface area contributed by atoms with E-state index < -0.39 is 0 Å². The molecule has 0 aromatic heterocycles. The van der Waals surface area contributed by atoms with Crippen LogP contribution in [0.2, 0.25) is 0 Å². The van der Waals surface area contributed by atoms with E-state index in [9.17, 15) is 0 Å². The molecule has 1 unspecified atom stereocenters. The van der Waals surface area contributed by atoms with Gasteiger partial charge in [0.05, 0.1) is 14.2 Å². The zero-order valence-electron chi connectivity index (χ0n) is 15.9. The lowest BCUT2D eigenvalue weighted by molar-refractivity contribution is 0.392. The van der Waals surface area contributed by atoms with Gasteiger partial charge < -0.3 is 19.7 Å². The van der Waals surface area contributed by atoms with Crippen molar-refractivity contribution in [3.63, 3.8) is 0 Å². The third-order valence-corrected chi connectivity index (χ3v) is 4.46. The van der Waals surface area contributed by atoms with E-state index in [4.69, 9.17) is 14.5 Å². The van der Waals surface area contributed by atoms with Crippen molar-refractivity contribution in [2.24, 2.45) is 4.99 Å². The van der Waals surface area contributed by atoms with Crippen molar-refractivity contribution in [2.45, 2.75) is 32.6 Å². The molecule has 1 aliphatic rings. The second kappa shape index (κ2) is 9.97. The summed E-state index contributed by atoms with van der Waals surface area (Å²) in [5.41, 5.74) is 1.27. The second-order valence-corrected chi connectivity index (χ2v) is 6.17. The van der Waals surface area contributed by atoms with E-state index in [2.05, 4.69) is 41.4 Å². The zero-order valence-corrected chi connectivity index (χ0v) is 15.9. The molecule has 1 saturated heterocycles. The van der Waals surface area contributed by atoms with Gasteiger partial charge in [0.25, 0.3) is 0 Å². The molecule has 25 heavy (non-hydrogen) atoms. The van der Waals surface area contributed by atoms with Crippen LogP contribution in [0.1, 0.15) is 38.2 Å². The van der Waals surface area contributed by atoms with Crippen molar-refractivity contribution in [1.29, 1.82) is 0 Å². The molecule has 5 nitrogen and oxygen atoms in total. The molecular weight excluding hydrogens is 314 g/mol. The lowest BCUT2D eigenvalue weighted by Crippen LogP contribution is -2.40. The molecule has 1 N–H and O–H groups in total. The van der Waals surface area contributed by atoms with Crippen molar-refractivity contribution in [1.82, 2.24) is 10.2 Å². The number of benzene rings is 1. The molecule has 5 heteroatoms. The van der Waals surface area contributed by atoms with Gasteiger partial charge in [0.1, 0.15) is 11.5 Å². The number of nitrogens with one attached hydrogen (secondary N) is 1. The van der Waals surface area contributed by atoms with Gasteiger partial charge in [-0.2, -0.15) is 0 Å². The molecule has 0 aliphatic carbocycles. The van der Waals surface area contributed by atoms with Gasteiger partial charge >= 0.3 is 0 Å². The van der Waals surface area contributed by atoms with Crippen LogP contribution < -0.4 is 14.8 Å². The predicted octanol–water partition coefficient (Wildman–Crippen LogP) is 3.42. The minimum absolute atomic E-state index is 0.461. The summed E-state index contributed by atoms with van der Waals surface area (Å²) in [7, 11) is 3.39. The minimum Gasteiger partial charge on any atom is -0.497 e. The van der Waals surface area contributed by atoms with E-state index in [1.807, 2.05) is 13.0 Å². The van der Waals surface area contributed by atoms with E-state index >= 15 is 0 Å². The Kier molecular flexibility index (Phi) is 7.64. The predicted molar refractivity (Wildman–Crippen MR) is 104 cm³/mol. The molecule has 0 amide bonds. The molecule has 1 aliphatic heterocycles. The van der Waals surface area contributed by atoms with E-state index in [0.717, 1.165) is 56.5 Å². The quantitative estimate of drug-likeness (QED) is 0.356. The number of aliphatic imine (C=N–C) groups is 1. The lowest BCUT2D eigenvalue weighted by Gasteiger charge is -2.22. The van der Waals surface area contributed by atoms with Gasteiger partial charge in [0, 0.05) is 38.2 Å². The minimum atomic E-state index is 0.461. The van der Waals surface area contributed by atoms with E-state index in [1.54, 1.807) is 14.2 Å². The van der Waals surface area contributed by atoms with Crippen molar-refractivity contribution >= 4 is 5.96 Å². The van der Waals surface area contributed by atoms with Crippen molar-refractivity contribution in [3.8, 4) is 11.5 Å². The van der Waals surface area contributed by atoms with Gasteiger partial charge in [0.15, 0.2) is 5.96 Å². The van der Waals surface area contributed by atoms with E-state index in [0.29, 0.717) is 5.92 Å². The van der Waals surface area contributed by atoms with Gasteiger partial charge in [-0.05, 0) is 44.4 Å². The Morgan fingerprint density at radius 3 is 2.60 bits per heavy atom. The van der Waals surface area contributed by atoms with Gasteiger partial charge in [0.2, 0.25) is 0 Å². The van der Waals surface area contributed by atoms with Crippen LogP contribution in [0.25, 0.3) is 0 Å². The molecule has 1 atom stereocenters. The van der Waals surface area contributed by atoms with E-state index in [1.165, 1.54) is 5.56 Å². The van der Waals surface area contributed by atoms with Gasteiger partial charge in [-0.25, -0.2) is 0 Å². The number of guanidine groups is 1. The highest BCUT2D eigenvalue weighted by Crippen LogP contribution is 2.32. The first-order chi connectivity index (χ1) is 12.2. The Balaban J connectivity index is 2.08. The number of hydrogen-bond donors (Lipinski definition) is 1. The first kappa shape index (κ1) is 19.2. The number of nitrogens with zero attached hydrogens (tertiary/aromatic N) is 2. The van der Waals surface area contributed by atoms with E-state index in [-0.39, 0.29) is 0 Å². The summed E-state index contributed by atoms with van der Waals surface area (Å²) in [6.07, 6.45) is 6.32. The summed E-state index contributed by atoms with van der Waals surface area (Å²) in [5.74, 6) is 3.17. The highest BCUT2D eigenvalue weighted by Gasteiger charge is 2.26. The number of hydrogen-bond acceptors (Lipinski definition) is 3. The van der Waals surface area contributed by atoms with Crippen LogP contribution in [-0.2, 0) is 0 Å². The molecular formula is C20H31N3O2. The number of likely N-dealkylation sites (tertiary alicyclic amines) is 1. The highest BCUT2D eigenvalue weighted by molar-refractivity contribution is 5.80. The highest BCUT2D eigenvalue weighted by atomic mass is 16.5. The van der Waals surface area contributed by atoms with Crippen LogP contribution in [0.15, 0.2) is 35.3 Å². The molecule has 2 rings (SSSR count).